The van der Waals surface area contributed by atoms with Gasteiger partial charge in [0.25, 0.3) is 0 Å². The lowest BCUT2D eigenvalue weighted by Crippen LogP contribution is -2.53. The van der Waals surface area contributed by atoms with Gasteiger partial charge in [0.05, 0.1) is 12.6 Å². The lowest BCUT2D eigenvalue weighted by molar-refractivity contribution is -0.153. The smallest absolute Gasteiger partial charge is 0.422 e. The number of amides is 1. The largest absolute Gasteiger partial charge is 0.493 e. The normalized spacial score (nSPS) is 16.7. The monoisotopic (exact) mass is 374 g/mol. The van der Waals surface area contributed by atoms with Gasteiger partial charge in [-0.2, -0.15) is 13.2 Å². The first-order valence-electron chi connectivity index (χ1n) is 8.54. The molecule has 2 rings (SSSR count). The highest BCUT2D eigenvalue weighted by molar-refractivity contribution is 5.77. The number of carbonyl (C=O) groups excluding carboxylic acids is 1. The molecule has 8 heteroatoms. The summed E-state index contributed by atoms with van der Waals surface area (Å²) in [5, 5.41) is 3.01. The fourth-order valence-electron chi connectivity index (χ4n) is 2.83. The van der Waals surface area contributed by atoms with Crippen molar-refractivity contribution in [1.82, 2.24) is 5.32 Å². The van der Waals surface area contributed by atoms with Gasteiger partial charge < -0.3 is 20.5 Å². The molecule has 0 spiro atoms. The molecule has 0 bridgehead atoms. The van der Waals surface area contributed by atoms with Gasteiger partial charge in [0, 0.05) is 13.0 Å². The van der Waals surface area contributed by atoms with E-state index in [4.69, 9.17) is 15.2 Å². The predicted octanol–water partition coefficient (Wildman–Crippen LogP) is 2.81. The molecule has 3 N–H and O–H groups in total. The highest BCUT2D eigenvalue weighted by Crippen LogP contribution is 2.39. The van der Waals surface area contributed by atoms with E-state index < -0.39 is 12.8 Å². The minimum absolute atomic E-state index is 0.0162. The fourth-order valence-corrected chi connectivity index (χ4v) is 2.83. The highest BCUT2D eigenvalue weighted by Gasteiger charge is 2.41. The summed E-state index contributed by atoms with van der Waals surface area (Å²) in [7, 11) is 1.36. The number of hydrogen-bond donors (Lipinski definition) is 2. The molecule has 0 aliphatic heterocycles. The minimum Gasteiger partial charge on any atom is -0.493 e. The Hall–Kier alpha value is -1.96. The third-order valence-electron chi connectivity index (χ3n) is 4.59. The van der Waals surface area contributed by atoms with Crippen molar-refractivity contribution in [1.29, 1.82) is 0 Å². The van der Waals surface area contributed by atoms with Crippen LogP contribution < -0.4 is 20.5 Å². The first-order chi connectivity index (χ1) is 12.2. The summed E-state index contributed by atoms with van der Waals surface area (Å²) >= 11 is 0. The number of ether oxygens (including phenoxy) is 2. The van der Waals surface area contributed by atoms with E-state index in [1.165, 1.54) is 13.2 Å². The Labute approximate surface area is 151 Å². The molecule has 0 radical (unpaired) electrons. The number of carbonyl (C=O) groups is 1. The second kappa shape index (κ2) is 8.16. The SMILES string of the molecule is COc1cc(CCC(=O)NC(C)(CN)C2CC2)ccc1OCC(F)(F)F. The van der Waals surface area contributed by atoms with E-state index in [1.54, 1.807) is 12.1 Å². The summed E-state index contributed by atoms with van der Waals surface area (Å²) in [6.45, 7) is 0.963. The van der Waals surface area contributed by atoms with Crippen LogP contribution in [0.2, 0.25) is 0 Å². The Bertz CT molecular complexity index is 633. The third-order valence-corrected chi connectivity index (χ3v) is 4.59. The molecule has 1 aliphatic carbocycles. The number of methoxy groups -OCH3 is 1. The first kappa shape index (κ1) is 20.4. The fraction of sp³-hybridized carbons (Fsp3) is 0.611. The second-order valence-electron chi connectivity index (χ2n) is 6.83. The van der Waals surface area contributed by atoms with Crippen molar-refractivity contribution in [3.8, 4) is 11.5 Å². The van der Waals surface area contributed by atoms with Crippen LogP contribution in [0.4, 0.5) is 13.2 Å². The van der Waals surface area contributed by atoms with Gasteiger partial charge in [-0.05, 0) is 49.8 Å². The van der Waals surface area contributed by atoms with E-state index in [0.29, 0.717) is 18.9 Å². The Morgan fingerprint density at radius 2 is 2.00 bits per heavy atom. The number of hydrogen-bond acceptors (Lipinski definition) is 4. The van der Waals surface area contributed by atoms with Crippen LogP contribution >= 0.6 is 0 Å². The van der Waals surface area contributed by atoms with E-state index in [-0.39, 0.29) is 29.4 Å². The summed E-state index contributed by atoms with van der Waals surface area (Å²) in [6.07, 6.45) is -1.57. The molecule has 1 aliphatic rings. The maximum atomic E-state index is 12.3. The van der Waals surface area contributed by atoms with Crippen molar-refractivity contribution in [2.45, 2.75) is 44.3 Å². The maximum absolute atomic E-state index is 12.3. The van der Waals surface area contributed by atoms with Gasteiger partial charge in [0.1, 0.15) is 0 Å². The molecule has 5 nitrogen and oxygen atoms in total. The summed E-state index contributed by atoms with van der Waals surface area (Å²) in [6, 6.07) is 4.64. The van der Waals surface area contributed by atoms with Crippen LogP contribution in [0.5, 0.6) is 11.5 Å². The molecule has 1 unspecified atom stereocenters. The van der Waals surface area contributed by atoms with E-state index in [1.807, 2.05) is 6.92 Å². The van der Waals surface area contributed by atoms with Crippen molar-refractivity contribution >= 4 is 5.91 Å². The molecule has 1 atom stereocenters. The Balaban J connectivity index is 1.91. The second-order valence-corrected chi connectivity index (χ2v) is 6.83. The molecule has 1 amide bonds. The quantitative estimate of drug-likeness (QED) is 0.697. The number of aryl methyl sites for hydroxylation is 1. The Morgan fingerprint density at radius 3 is 2.54 bits per heavy atom. The lowest BCUT2D eigenvalue weighted by atomic mass is 9.95. The summed E-state index contributed by atoms with van der Waals surface area (Å²) < 4.78 is 46.6. The van der Waals surface area contributed by atoms with Crippen LogP contribution in [-0.2, 0) is 11.2 Å². The van der Waals surface area contributed by atoms with Gasteiger partial charge in [-0.3, -0.25) is 4.79 Å². The molecular formula is C18H25F3N2O3. The predicted molar refractivity (Wildman–Crippen MR) is 91.2 cm³/mol. The Morgan fingerprint density at radius 1 is 1.31 bits per heavy atom. The van der Waals surface area contributed by atoms with E-state index >= 15 is 0 Å². The van der Waals surface area contributed by atoms with Crippen molar-refractivity contribution in [2.75, 3.05) is 20.3 Å². The molecule has 146 valence electrons. The molecule has 0 heterocycles. The van der Waals surface area contributed by atoms with Crippen LogP contribution in [0.25, 0.3) is 0 Å². The Kier molecular flexibility index (Phi) is 6.39. The number of rotatable bonds is 9. The minimum atomic E-state index is -4.42. The van der Waals surface area contributed by atoms with Crippen LogP contribution in [0, 0.1) is 5.92 Å². The van der Waals surface area contributed by atoms with Gasteiger partial charge in [-0.1, -0.05) is 6.07 Å². The molecule has 1 saturated carbocycles. The average molecular weight is 374 g/mol. The van der Waals surface area contributed by atoms with Gasteiger partial charge in [0.2, 0.25) is 5.91 Å². The van der Waals surface area contributed by atoms with Crippen molar-refractivity contribution < 1.29 is 27.4 Å². The lowest BCUT2D eigenvalue weighted by Gasteiger charge is -2.29. The van der Waals surface area contributed by atoms with Gasteiger partial charge >= 0.3 is 6.18 Å². The molecule has 26 heavy (non-hydrogen) atoms. The van der Waals surface area contributed by atoms with Crippen LogP contribution in [-0.4, -0.2) is 37.9 Å². The van der Waals surface area contributed by atoms with E-state index in [2.05, 4.69) is 5.32 Å². The molecule has 0 saturated heterocycles. The maximum Gasteiger partial charge on any atom is 0.422 e. The topological polar surface area (TPSA) is 73.6 Å². The summed E-state index contributed by atoms with van der Waals surface area (Å²) in [4.78, 5) is 12.2. The molecule has 1 aromatic rings. The zero-order valence-corrected chi connectivity index (χ0v) is 15.0. The van der Waals surface area contributed by atoms with E-state index in [0.717, 1.165) is 18.4 Å². The number of benzene rings is 1. The van der Waals surface area contributed by atoms with Crippen LogP contribution in [0.15, 0.2) is 18.2 Å². The number of halogens is 3. The zero-order valence-electron chi connectivity index (χ0n) is 15.0. The average Bonchev–Trinajstić information content (AvgIpc) is 3.43. The van der Waals surface area contributed by atoms with Crippen molar-refractivity contribution in [3.63, 3.8) is 0 Å². The highest BCUT2D eigenvalue weighted by atomic mass is 19.4. The third kappa shape index (κ3) is 5.79. The number of alkyl halides is 3. The molecular weight excluding hydrogens is 349 g/mol. The van der Waals surface area contributed by atoms with Gasteiger partial charge in [-0.25, -0.2) is 0 Å². The summed E-state index contributed by atoms with van der Waals surface area (Å²) in [5.74, 6) is 0.558. The zero-order chi connectivity index (χ0) is 19.4. The number of nitrogens with one attached hydrogen (secondary N) is 1. The molecule has 1 fully saturated rings. The van der Waals surface area contributed by atoms with Gasteiger partial charge in [0.15, 0.2) is 18.1 Å². The first-order valence-corrected chi connectivity index (χ1v) is 8.54. The van der Waals surface area contributed by atoms with Crippen LogP contribution in [0.1, 0.15) is 31.7 Å². The molecule has 0 aromatic heterocycles. The standard InChI is InChI=1S/C18H25F3N2O3/c1-17(10-22,13-5-6-13)23-16(24)8-4-12-3-7-14(15(9-12)25-2)26-11-18(19,20)21/h3,7,9,13H,4-6,8,10-11,22H2,1-2H3,(H,23,24). The molecule has 1 aromatic carbocycles. The van der Waals surface area contributed by atoms with E-state index in [9.17, 15) is 18.0 Å². The number of nitrogens with two attached hydrogens (primary N) is 1. The van der Waals surface area contributed by atoms with Crippen molar-refractivity contribution in [3.05, 3.63) is 23.8 Å². The van der Waals surface area contributed by atoms with Crippen LogP contribution in [0.3, 0.4) is 0 Å². The van der Waals surface area contributed by atoms with Crippen molar-refractivity contribution in [2.24, 2.45) is 11.7 Å². The summed E-state index contributed by atoms with van der Waals surface area (Å²) in [5.41, 5.74) is 6.20. The van der Waals surface area contributed by atoms with Gasteiger partial charge in [-0.15, -0.1) is 0 Å².